The molecule has 0 unspecified atom stereocenters. The molecule has 5 aromatic rings. The lowest BCUT2D eigenvalue weighted by atomic mass is 10.0. The summed E-state index contributed by atoms with van der Waals surface area (Å²) in [6, 6.07) is 4.35. The summed E-state index contributed by atoms with van der Waals surface area (Å²) in [5, 5.41) is 10.3. The number of halogens is 3. The Kier molecular flexibility index (Phi) is 4.70. The van der Waals surface area contributed by atoms with E-state index in [-0.39, 0.29) is 16.2 Å². The molecule has 13 heteroatoms. The standard InChI is InChI=1S/C20H13F3N6O3S/c1-9-14(8-26-32-9)33(30,31)29-13-5-4-12(21)15(17(13)23)10-2-3-11-18(16(10)22)27-28-19(11)20-24-6-7-25-20/h2-8,29H,1H3,(H,24,25)(H,27,28). The molecule has 0 saturated heterocycles. The average molecular weight is 474 g/mol. The molecule has 0 saturated carbocycles. The molecule has 0 aliphatic rings. The maximum Gasteiger partial charge on any atom is 0.267 e. The van der Waals surface area contributed by atoms with Crippen LogP contribution in [0.2, 0.25) is 0 Å². The molecule has 0 bridgehead atoms. The highest BCUT2D eigenvalue weighted by Crippen LogP contribution is 2.37. The third-order valence-electron chi connectivity index (χ3n) is 5.00. The first kappa shape index (κ1) is 20.8. The number of rotatable bonds is 5. The topological polar surface area (TPSA) is 130 Å². The number of H-pyrrole nitrogens is 2. The molecule has 0 amide bonds. The number of nitrogens with zero attached hydrogens (tertiary/aromatic N) is 3. The summed E-state index contributed by atoms with van der Waals surface area (Å²) in [6.45, 7) is 1.36. The minimum Gasteiger partial charge on any atom is -0.360 e. The van der Waals surface area contributed by atoms with Crippen molar-refractivity contribution in [2.45, 2.75) is 11.8 Å². The molecule has 9 nitrogen and oxygen atoms in total. The van der Waals surface area contributed by atoms with Crippen molar-refractivity contribution in [1.82, 2.24) is 25.3 Å². The summed E-state index contributed by atoms with van der Waals surface area (Å²) in [6.07, 6.45) is 4.01. The van der Waals surface area contributed by atoms with Crippen LogP contribution in [-0.4, -0.2) is 33.7 Å². The maximum atomic E-state index is 15.3. The Labute approximate surface area is 183 Å². The molecule has 3 N–H and O–H groups in total. The molecule has 0 atom stereocenters. The number of hydrogen-bond donors (Lipinski definition) is 3. The van der Waals surface area contributed by atoms with Crippen LogP contribution in [0.1, 0.15) is 5.76 Å². The number of benzene rings is 2. The molecule has 5 rings (SSSR count). The monoisotopic (exact) mass is 474 g/mol. The van der Waals surface area contributed by atoms with E-state index in [0.29, 0.717) is 16.9 Å². The first-order valence-electron chi connectivity index (χ1n) is 9.36. The lowest BCUT2D eigenvalue weighted by molar-refractivity contribution is 0.394. The summed E-state index contributed by atoms with van der Waals surface area (Å²) >= 11 is 0. The third-order valence-corrected chi connectivity index (χ3v) is 6.46. The Morgan fingerprint density at radius 3 is 2.61 bits per heavy atom. The number of nitrogens with one attached hydrogen (secondary N) is 3. The smallest absolute Gasteiger partial charge is 0.267 e. The van der Waals surface area contributed by atoms with Gasteiger partial charge in [-0.25, -0.2) is 26.6 Å². The van der Waals surface area contributed by atoms with E-state index in [4.69, 9.17) is 4.52 Å². The first-order valence-corrected chi connectivity index (χ1v) is 10.8. The van der Waals surface area contributed by atoms with Crippen LogP contribution in [0.3, 0.4) is 0 Å². The van der Waals surface area contributed by atoms with E-state index in [9.17, 15) is 12.8 Å². The van der Waals surface area contributed by atoms with Gasteiger partial charge in [-0.15, -0.1) is 0 Å². The fourth-order valence-corrected chi connectivity index (χ4v) is 4.60. The van der Waals surface area contributed by atoms with Gasteiger partial charge in [-0.1, -0.05) is 11.2 Å². The molecule has 0 aliphatic heterocycles. The van der Waals surface area contributed by atoms with Crippen molar-refractivity contribution in [2.75, 3.05) is 4.72 Å². The van der Waals surface area contributed by atoms with Gasteiger partial charge in [0.05, 0.1) is 17.4 Å². The van der Waals surface area contributed by atoms with Crippen molar-refractivity contribution in [3.05, 3.63) is 66.1 Å². The van der Waals surface area contributed by atoms with Gasteiger partial charge in [0.2, 0.25) is 0 Å². The summed E-state index contributed by atoms with van der Waals surface area (Å²) in [4.78, 5) is 6.60. The fourth-order valence-electron chi connectivity index (χ4n) is 3.45. The number of aryl methyl sites for hydroxylation is 1. The first-order chi connectivity index (χ1) is 15.8. The molecule has 168 valence electrons. The second-order valence-corrected chi connectivity index (χ2v) is 8.65. The van der Waals surface area contributed by atoms with Crippen LogP contribution in [0.5, 0.6) is 0 Å². The van der Waals surface area contributed by atoms with Gasteiger partial charge in [0, 0.05) is 23.3 Å². The van der Waals surface area contributed by atoms with E-state index < -0.39 is 44.3 Å². The van der Waals surface area contributed by atoms with Gasteiger partial charge in [0.25, 0.3) is 10.0 Å². The highest BCUT2D eigenvalue weighted by molar-refractivity contribution is 7.92. The number of sulfonamides is 1. The van der Waals surface area contributed by atoms with Gasteiger partial charge in [-0.2, -0.15) is 5.10 Å². The van der Waals surface area contributed by atoms with E-state index in [1.165, 1.54) is 25.3 Å². The van der Waals surface area contributed by atoms with Crippen molar-refractivity contribution >= 4 is 26.6 Å². The molecule has 0 aliphatic carbocycles. The van der Waals surface area contributed by atoms with Gasteiger partial charge < -0.3 is 9.51 Å². The largest absolute Gasteiger partial charge is 0.360 e. The van der Waals surface area contributed by atoms with Crippen LogP contribution in [0, 0.1) is 24.4 Å². The normalized spacial score (nSPS) is 11.9. The Hall–Kier alpha value is -4.13. The SMILES string of the molecule is Cc1oncc1S(=O)(=O)Nc1ccc(F)c(-c2ccc3c(-c4ncc[nH]4)n[nH]c3c2F)c1F. The zero-order valence-corrected chi connectivity index (χ0v) is 17.5. The van der Waals surface area contributed by atoms with Gasteiger partial charge in [-0.05, 0) is 25.1 Å². The second-order valence-electron chi connectivity index (χ2n) is 7.00. The highest BCUT2D eigenvalue weighted by atomic mass is 32.2. The average Bonchev–Trinajstić information content (AvgIpc) is 3.52. The fraction of sp³-hybridized carbons (Fsp3) is 0.0500. The summed E-state index contributed by atoms with van der Waals surface area (Å²) < 4.78 is 77.1. The molecule has 0 spiro atoms. The van der Waals surface area contributed by atoms with Gasteiger partial charge in [0.15, 0.2) is 23.2 Å². The quantitative estimate of drug-likeness (QED) is 0.351. The third kappa shape index (κ3) is 3.33. The number of imidazole rings is 1. The predicted octanol–water partition coefficient (Wildman–Crippen LogP) is 4.13. The number of anilines is 1. The van der Waals surface area contributed by atoms with Crippen LogP contribution in [0.25, 0.3) is 33.5 Å². The van der Waals surface area contributed by atoms with Crippen LogP contribution in [0.4, 0.5) is 18.9 Å². The molecule has 0 radical (unpaired) electrons. The Bertz CT molecular complexity index is 1610. The lowest BCUT2D eigenvalue weighted by Crippen LogP contribution is -2.15. The lowest BCUT2D eigenvalue weighted by Gasteiger charge is -2.13. The Morgan fingerprint density at radius 2 is 1.91 bits per heavy atom. The summed E-state index contributed by atoms with van der Waals surface area (Å²) in [5.41, 5.74) is -1.51. The predicted molar refractivity (Wildman–Crippen MR) is 111 cm³/mol. The molecule has 0 fully saturated rings. The summed E-state index contributed by atoms with van der Waals surface area (Å²) in [7, 11) is -4.29. The van der Waals surface area contributed by atoms with E-state index in [2.05, 4.69) is 25.3 Å². The number of hydrogen-bond acceptors (Lipinski definition) is 6. The van der Waals surface area contributed by atoms with Crippen LogP contribution < -0.4 is 4.72 Å². The Morgan fingerprint density at radius 1 is 1.09 bits per heavy atom. The molecule has 3 aromatic heterocycles. The molecule has 33 heavy (non-hydrogen) atoms. The number of aromatic amines is 2. The number of fused-ring (bicyclic) bond motifs is 1. The van der Waals surface area contributed by atoms with Crippen molar-refractivity contribution in [2.24, 2.45) is 0 Å². The van der Waals surface area contributed by atoms with Crippen molar-refractivity contribution < 1.29 is 26.1 Å². The zero-order chi connectivity index (χ0) is 23.3. The van der Waals surface area contributed by atoms with Crippen molar-refractivity contribution in [1.29, 1.82) is 0 Å². The molecule has 3 heterocycles. The van der Waals surface area contributed by atoms with Gasteiger partial charge in [-0.3, -0.25) is 9.82 Å². The second kappa shape index (κ2) is 7.48. The van der Waals surface area contributed by atoms with E-state index in [1.54, 1.807) is 6.20 Å². The maximum absolute atomic E-state index is 15.3. The van der Waals surface area contributed by atoms with Crippen LogP contribution in [-0.2, 0) is 10.0 Å². The van der Waals surface area contributed by atoms with E-state index in [0.717, 1.165) is 18.3 Å². The number of aromatic nitrogens is 5. The molecule has 2 aromatic carbocycles. The molecular formula is C20H13F3N6O3S. The minimum absolute atomic E-state index is 0.0201. The van der Waals surface area contributed by atoms with Crippen molar-refractivity contribution in [3.8, 4) is 22.6 Å². The van der Waals surface area contributed by atoms with Gasteiger partial charge >= 0.3 is 0 Å². The van der Waals surface area contributed by atoms with Crippen molar-refractivity contribution in [3.63, 3.8) is 0 Å². The highest BCUT2D eigenvalue weighted by Gasteiger charge is 2.26. The minimum atomic E-state index is -4.29. The molecular weight excluding hydrogens is 461 g/mol. The zero-order valence-electron chi connectivity index (χ0n) is 16.6. The Balaban J connectivity index is 1.62. The van der Waals surface area contributed by atoms with Gasteiger partial charge in [0.1, 0.15) is 21.9 Å². The van der Waals surface area contributed by atoms with E-state index >= 15 is 8.78 Å². The van der Waals surface area contributed by atoms with E-state index in [1.807, 2.05) is 4.72 Å². The van der Waals surface area contributed by atoms with Crippen LogP contribution >= 0.6 is 0 Å². The summed E-state index contributed by atoms with van der Waals surface area (Å²) in [5.74, 6) is -2.98. The van der Waals surface area contributed by atoms with Crippen LogP contribution in [0.15, 0.2) is 52.3 Å².